The number of halogens is 5. The lowest BCUT2D eigenvalue weighted by atomic mass is 10.1. The zero-order chi connectivity index (χ0) is 23.4. The third-order valence-corrected chi connectivity index (χ3v) is 5.07. The molecule has 0 atom stereocenters. The van der Waals surface area contributed by atoms with Gasteiger partial charge in [0.05, 0.1) is 11.8 Å². The molecule has 0 unspecified atom stereocenters. The molecular weight excluding hydrogens is 451 g/mol. The van der Waals surface area contributed by atoms with E-state index in [-0.39, 0.29) is 5.56 Å². The number of amides is 1. The Morgan fingerprint density at radius 2 is 1.47 bits per heavy atom. The smallest absolute Gasteiger partial charge is 0.267 e. The molecule has 3 rings (SSSR count). The summed E-state index contributed by atoms with van der Waals surface area (Å²) in [6, 6.07) is 8.26. The average molecular weight is 466 g/mol. The van der Waals surface area contributed by atoms with Crippen molar-refractivity contribution in [3.05, 3.63) is 87.5 Å². The Balaban J connectivity index is 1.63. The molecule has 32 heavy (non-hydrogen) atoms. The van der Waals surface area contributed by atoms with E-state index in [1.165, 1.54) is 23.9 Å². The van der Waals surface area contributed by atoms with Crippen LogP contribution in [0.4, 0.5) is 22.0 Å². The van der Waals surface area contributed by atoms with E-state index < -0.39 is 40.6 Å². The van der Waals surface area contributed by atoms with Crippen molar-refractivity contribution in [2.24, 2.45) is 5.10 Å². The molecule has 0 radical (unpaired) electrons. The zero-order valence-corrected chi connectivity index (χ0v) is 17.5. The number of aryl methyl sites for hydroxylation is 2. The monoisotopic (exact) mass is 466 g/mol. The molecule has 0 saturated carbocycles. The van der Waals surface area contributed by atoms with Gasteiger partial charge in [-0.05, 0) is 37.6 Å². The van der Waals surface area contributed by atoms with Crippen molar-refractivity contribution < 1.29 is 26.7 Å². The van der Waals surface area contributed by atoms with Crippen LogP contribution in [0.5, 0.6) is 0 Å². The summed E-state index contributed by atoms with van der Waals surface area (Å²) in [5.74, 6) is -10.7. The number of rotatable bonds is 6. The van der Waals surface area contributed by atoms with Gasteiger partial charge in [-0.3, -0.25) is 4.79 Å². The Kier molecular flexibility index (Phi) is 7.18. The minimum Gasteiger partial charge on any atom is -0.267 e. The summed E-state index contributed by atoms with van der Waals surface area (Å²) in [6.07, 6.45) is 0.350. The van der Waals surface area contributed by atoms with Crippen LogP contribution in [0, 0.1) is 42.9 Å². The van der Waals surface area contributed by atoms with Crippen LogP contribution in [-0.2, 0) is 5.75 Å². The van der Waals surface area contributed by atoms with Crippen LogP contribution in [0.25, 0.3) is 0 Å². The van der Waals surface area contributed by atoms with Gasteiger partial charge in [-0.2, -0.15) is 5.10 Å². The highest BCUT2D eigenvalue weighted by Gasteiger charge is 2.24. The first-order valence-electron chi connectivity index (χ1n) is 9.06. The fourth-order valence-corrected chi connectivity index (χ4v) is 3.52. The Morgan fingerprint density at radius 3 is 2.03 bits per heavy atom. The second kappa shape index (κ2) is 9.86. The van der Waals surface area contributed by atoms with E-state index in [1.54, 1.807) is 12.1 Å². The molecule has 0 bridgehead atoms. The molecule has 0 aliphatic carbocycles. The molecule has 0 spiro atoms. The first-order chi connectivity index (χ1) is 15.2. The molecule has 1 N–H and O–H groups in total. The summed E-state index contributed by atoms with van der Waals surface area (Å²) in [5, 5.41) is 3.92. The first-order valence-corrected chi connectivity index (χ1v) is 10.0. The highest BCUT2D eigenvalue weighted by atomic mass is 32.2. The number of benzene rings is 2. The van der Waals surface area contributed by atoms with E-state index in [1.807, 2.05) is 25.3 Å². The summed E-state index contributed by atoms with van der Waals surface area (Å²) >= 11 is 1.43. The number of hydrazone groups is 1. The number of thioether (sulfide) groups is 1. The highest BCUT2D eigenvalue weighted by Crippen LogP contribution is 2.22. The number of carbonyl (C=O) groups excluding carboxylic acids is 1. The first kappa shape index (κ1) is 23.3. The van der Waals surface area contributed by atoms with E-state index >= 15 is 0 Å². The standard InChI is InChI=1S/C21H15F5N4OS/c1-10-7-11(2)29-21(28-10)32-9-12-3-5-13(6-4-12)20(31)30-27-8-14-15(22)17(24)19(26)18(25)16(14)23/h3-8H,9H2,1-2H3,(H,30,31)/b27-8-. The lowest BCUT2D eigenvalue weighted by Gasteiger charge is -2.05. The molecule has 2 aromatic carbocycles. The minimum absolute atomic E-state index is 0.177. The molecule has 0 aliphatic rings. The van der Waals surface area contributed by atoms with Gasteiger partial charge in [0, 0.05) is 22.7 Å². The van der Waals surface area contributed by atoms with Crippen LogP contribution < -0.4 is 5.43 Å². The lowest BCUT2D eigenvalue weighted by Crippen LogP contribution is -2.18. The molecule has 1 amide bonds. The number of hydrogen-bond donors (Lipinski definition) is 1. The molecule has 3 aromatic rings. The zero-order valence-electron chi connectivity index (χ0n) is 16.7. The molecule has 11 heteroatoms. The van der Waals surface area contributed by atoms with E-state index in [9.17, 15) is 26.7 Å². The third kappa shape index (κ3) is 5.28. The number of nitrogens with zero attached hydrogens (tertiary/aromatic N) is 3. The summed E-state index contributed by atoms with van der Waals surface area (Å²) in [5.41, 5.74) is 3.50. The molecular formula is C21H15F5N4OS. The van der Waals surface area contributed by atoms with Crippen molar-refractivity contribution in [2.75, 3.05) is 0 Å². The maximum atomic E-state index is 13.6. The molecule has 0 aliphatic heterocycles. The second-order valence-corrected chi connectivity index (χ2v) is 7.54. The molecule has 166 valence electrons. The van der Waals surface area contributed by atoms with Gasteiger partial charge in [0.2, 0.25) is 5.82 Å². The van der Waals surface area contributed by atoms with Crippen molar-refractivity contribution in [1.29, 1.82) is 0 Å². The van der Waals surface area contributed by atoms with Crippen molar-refractivity contribution in [1.82, 2.24) is 15.4 Å². The van der Waals surface area contributed by atoms with E-state index in [4.69, 9.17) is 0 Å². The number of nitrogens with one attached hydrogen (secondary N) is 1. The van der Waals surface area contributed by atoms with E-state index in [2.05, 4.69) is 15.1 Å². The number of hydrogen-bond acceptors (Lipinski definition) is 5. The van der Waals surface area contributed by atoms with Crippen LogP contribution in [-0.4, -0.2) is 22.1 Å². The van der Waals surface area contributed by atoms with Crippen molar-refractivity contribution in [2.45, 2.75) is 24.8 Å². The van der Waals surface area contributed by atoms with Crippen LogP contribution in [0.15, 0.2) is 40.6 Å². The van der Waals surface area contributed by atoms with Gasteiger partial charge in [-0.1, -0.05) is 23.9 Å². The Hall–Kier alpha value is -3.34. The lowest BCUT2D eigenvalue weighted by molar-refractivity contribution is 0.0955. The van der Waals surface area contributed by atoms with Gasteiger partial charge in [-0.15, -0.1) is 0 Å². The summed E-state index contributed by atoms with van der Waals surface area (Å²) in [4.78, 5) is 20.8. The van der Waals surface area contributed by atoms with Gasteiger partial charge >= 0.3 is 0 Å². The quantitative estimate of drug-likeness (QED) is 0.107. The maximum absolute atomic E-state index is 13.6. The van der Waals surface area contributed by atoms with Gasteiger partial charge in [-0.25, -0.2) is 37.3 Å². The van der Waals surface area contributed by atoms with Gasteiger partial charge in [0.25, 0.3) is 5.91 Å². The van der Waals surface area contributed by atoms with Crippen LogP contribution in [0.1, 0.15) is 32.9 Å². The molecule has 0 fully saturated rings. The van der Waals surface area contributed by atoms with Gasteiger partial charge in [0.1, 0.15) is 0 Å². The predicted octanol–water partition coefficient (Wildman–Crippen LogP) is 4.85. The van der Waals surface area contributed by atoms with Crippen LogP contribution in [0.3, 0.4) is 0 Å². The average Bonchev–Trinajstić information content (AvgIpc) is 2.77. The van der Waals surface area contributed by atoms with E-state index in [0.29, 0.717) is 17.1 Å². The van der Waals surface area contributed by atoms with Crippen molar-refractivity contribution in [3.8, 4) is 0 Å². The van der Waals surface area contributed by atoms with Crippen LogP contribution in [0.2, 0.25) is 0 Å². The Bertz CT molecular complexity index is 1150. The topological polar surface area (TPSA) is 67.2 Å². The highest BCUT2D eigenvalue weighted by molar-refractivity contribution is 7.98. The van der Waals surface area contributed by atoms with Crippen molar-refractivity contribution >= 4 is 23.9 Å². The Labute approximate surface area is 183 Å². The Morgan fingerprint density at radius 1 is 0.938 bits per heavy atom. The summed E-state index contributed by atoms with van der Waals surface area (Å²) in [6.45, 7) is 3.75. The number of carbonyl (C=O) groups is 1. The fourth-order valence-electron chi connectivity index (χ4n) is 2.61. The molecule has 1 heterocycles. The third-order valence-electron chi connectivity index (χ3n) is 4.15. The molecule has 1 aromatic heterocycles. The van der Waals surface area contributed by atoms with Crippen LogP contribution >= 0.6 is 11.8 Å². The predicted molar refractivity (Wildman–Crippen MR) is 109 cm³/mol. The van der Waals surface area contributed by atoms with Gasteiger partial charge < -0.3 is 0 Å². The fraction of sp³-hybridized carbons (Fsp3) is 0.143. The minimum atomic E-state index is -2.27. The second-order valence-electron chi connectivity index (χ2n) is 6.60. The molecule has 5 nitrogen and oxygen atoms in total. The maximum Gasteiger partial charge on any atom is 0.271 e. The van der Waals surface area contributed by atoms with Gasteiger partial charge in [0.15, 0.2) is 28.4 Å². The molecule has 0 saturated heterocycles. The summed E-state index contributed by atoms with van der Waals surface area (Å²) < 4.78 is 66.6. The van der Waals surface area contributed by atoms with Crippen molar-refractivity contribution in [3.63, 3.8) is 0 Å². The SMILES string of the molecule is Cc1cc(C)nc(SCc2ccc(C(=O)N/N=C\c3c(F)c(F)c(F)c(F)c3F)cc2)n1. The largest absolute Gasteiger partial charge is 0.271 e. The number of aromatic nitrogens is 2. The van der Waals surface area contributed by atoms with E-state index in [0.717, 1.165) is 17.0 Å². The normalized spacial score (nSPS) is 11.2. The summed E-state index contributed by atoms with van der Waals surface area (Å²) in [7, 11) is 0.